The molecule has 0 aliphatic heterocycles. The predicted molar refractivity (Wildman–Crippen MR) is 77.5 cm³/mol. The molecule has 21 heavy (non-hydrogen) atoms. The molecule has 0 bridgehead atoms. The van der Waals surface area contributed by atoms with E-state index in [-0.39, 0.29) is 22.7 Å². The Bertz CT molecular complexity index is 713. The van der Waals surface area contributed by atoms with Crippen LogP contribution in [0, 0.1) is 17.0 Å². The van der Waals surface area contributed by atoms with Gasteiger partial charge in [0.15, 0.2) is 17.3 Å². The van der Waals surface area contributed by atoms with Gasteiger partial charge in [-0.2, -0.15) is 0 Å². The number of rotatable bonds is 4. The summed E-state index contributed by atoms with van der Waals surface area (Å²) in [4.78, 5) is 18.5. The summed E-state index contributed by atoms with van der Waals surface area (Å²) in [5.41, 5.74) is 0.848. The van der Waals surface area contributed by atoms with Crippen LogP contribution in [0.4, 0.5) is 11.5 Å². The van der Waals surface area contributed by atoms with Crippen LogP contribution in [0.15, 0.2) is 35.5 Å². The second-order valence-corrected chi connectivity index (χ2v) is 4.25. The molecule has 1 aromatic heterocycles. The van der Waals surface area contributed by atoms with Crippen molar-refractivity contribution in [2.24, 2.45) is 4.99 Å². The summed E-state index contributed by atoms with van der Waals surface area (Å²) in [5, 5.41) is 20.9. The van der Waals surface area contributed by atoms with Crippen molar-refractivity contribution < 1.29 is 14.8 Å². The summed E-state index contributed by atoms with van der Waals surface area (Å²) >= 11 is 0. The zero-order chi connectivity index (χ0) is 15.4. The molecule has 1 aromatic carbocycles. The molecule has 0 spiro atoms. The molecule has 108 valence electrons. The minimum Gasteiger partial charge on any atom is -0.504 e. The Hall–Kier alpha value is -2.96. The standard InChI is InChI=1S/C14H13N3O4/c1-9-4-3-5-15-14(9)16-8-10-6-11(17(19)20)7-12(21-2)13(10)18/h3-8,18H,1-2H3. The number of ether oxygens (including phenoxy) is 1. The van der Waals surface area contributed by atoms with E-state index in [9.17, 15) is 15.2 Å². The lowest BCUT2D eigenvalue weighted by Gasteiger charge is -2.06. The number of hydrogen-bond donors (Lipinski definition) is 1. The van der Waals surface area contributed by atoms with Crippen molar-refractivity contribution in [2.75, 3.05) is 7.11 Å². The number of benzene rings is 1. The van der Waals surface area contributed by atoms with Crippen LogP contribution in [0.2, 0.25) is 0 Å². The van der Waals surface area contributed by atoms with Crippen LogP contribution < -0.4 is 4.74 Å². The molecule has 1 heterocycles. The average Bonchev–Trinajstić information content (AvgIpc) is 2.47. The highest BCUT2D eigenvalue weighted by atomic mass is 16.6. The SMILES string of the molecule is COc1cc([N+](=O)[O-])cc(C=Nc2ncccc2C)c1O. The average molecular weight is 287 g/mol. The number of nitrogens with zero attached hydrogens (tertiary/aromatic N) is 3. The van der Waals surface area contributed by atoms with Crippen molar-refractivity contribution >= 4 is 17.7 Å². The molecule has 0 aliphatic rings. The van der Waals surface area contributed by atoms with E-state index in [0.717, 1.165) is 11.6 Å². The molecular formula is C14H13N3O4. The number of hydrogen-bond acceptors (Lipinski definition) is 6. The number of aromatic nitrogens is 1. The van der Waals surface area contributed by atoms with Gasteiger partial charge in [0, 0.05) is 24.0 Å². The molecule has 0 saturated heterocycles. The van der Waals surface area contributed by atoms with Gasteiger partial charge in [0.1, 0.15) is 0 Å². The third-order valence-electron chi connectivity index (χ3n) is 2.83. The summed E-state index contributed by atoms with van der Waals surface area (Å²) in [6, 6.07) is 5.99. The number of aliphatic imine (C=N–C) groups is 1. The van der Waals surface area contributed by atoms with E-state index in [0.29, 0.717) is 5.82 Å². The Labute approximate surface area is 120 Å². The minimum atomic E-state index is -0.564. The first-order valence-electron chi connectivity index (χ1n) is 6.04. The maximum absolute atomic E-state index is 10.9. The molecule has 1 N–H and O–H groups in total. The largest absolute Gasteiger partial charge is 0.504 e. The molecule has 0 unspecified atom stereocenters. The molecule has 0 fully saturated rings. The zero-order valence-electron chi connectivity index (χ0n) is 11.5. The zero-order valence-corrected chi connectivity index (χ0v) is 11.5. The monoisotopic (exact) mass is 287 g/mol. The van der Waals surface area contributed by atoms with Gasteiger partial charge >= 0.3 is 0 Å². The van der Waals surface area contributed by atoms with Crippen molar-refractivity contribution in [2.45, 2.75) is 6.92 Å². The fraction of sp³-hybridized carbons (Fsp3) is 0.143. The predicted octanol–water partition coefficient (Wildman–Crippen LogP) is 2.76. The van der Waals surface area contributed by atoms with Crippen molar-refractivity contribution in [1.82, 2.24) is 4.98 Å². The van der Waals surface area contributed by atoms with E-state index in [1.165, 1.54) is 19.4 Å². The lowest BCUT2D eigenvalue weighted by atomic mass is 10.1. The first-order chi connectivity index (χ1) is 10.0. The molecule has 0 saturated carbocycles. The highest BCUT2D eigenvalue weighted by Crippen LogP contribution is 2.33. The third-order valence-corrected chi connectivity index (χ3v) is 2.83. The fourth-order valence-electron chi connectivity index (χ4n) is 1.72. The van der Waals surface area contributed by atoms with Gasteiger partial charge in [-0.25, -0.2) is 9.98 Å². The van der Waals surface area contributed by atoms with Gasteiger partial charge in [0.05, 0.1) is 18.1 Å². The quantitative estimate of drug-likeness (QED) is 0.529. The first kappa shape index (κ1) is 14.4. The topological polar surface area (TPSA) is 97.9 Å². The van der Waals surface area contributed by atoms with Gasteiger partial charge in [-0.3, -0.25) is 10.1 Å². The smallest absolute Gasteiger partial charge is 0.274 e. The number of non-ortho nitro benzene ring substituents is 1. The molecule has 7 nitrogen and oxygen atoms in total. The molecule has 0 atom stereocenters. The van der Waals surface area contributed by atoms with Gasteiger partial charge in [0.25, 0.3) is 5.69 Å². The van der Waals surface area contributed by atoms with E-state index < -0.39 is 4.92 Å². The van der Waals surface area contributed by atoms with Crippen LogP contribution in [-0.4, -0.2) is 28.3 Å². The van der Waals surface area contributed by atoms with Gasteiger partial charge in [0.2, 0.25) is 0 Å². The van der Waals surface area contributed by atoms with Crippen LogP contribution in [0.3, 0.4) is 0 Å². The van der Waals surface area contributed by atoms with Crippen molar-refractivity contribution in [1.29, 1.82) is 0 Å². The number of phenolic OH excluding ortho intramolecular Hbond substituents is 1. The van der Waals surface area contributed by atoms with Crippen molar-refractivity contribution in [3.8, 4) is 11.5 Å². The first-order valence-corrected chi connectivity index (χ1v) is 6.04. The number of pyridine rings is 1. The second-order valence-electron chi connectivity index (χ2n) is 4.25. The molecular weight excluding hydrogens is 274 g/mol. The molecule has 0 aliphatic carbocycles. The number of aromatic hydroxyl groups is 1. The van der Waals surface area contributed by atoms with Crippen molar-refractivity contribution in [3.05, 3.63) is 51.7 Å². The molecule has 2 rings (SSSR count). The number of nitro groups is 1. The van der Waals surface area contributed by atoms with Crippen LogP contribution in [0.25, 0.3) is 0 Å². The van der Waals surface area contributed by atoms with Gasteiger partial charge in [-0.05, 0) is 18.6 Å². The molecule has 7 heteroatoms. The van der Waals surface area contributed by atoms with Crippen LogP contribution >= 0.6 is 0 Å². The molecule has 0 amide bonds. The van der Waals surface area contributed by atoms with Gasteiger partial charge in [-0.15, -0.1) is 0 Å². The summed E-state index contributed by atoms with van der Waals surface area (Å²) in [6.45, 7) is 1.84. The number of nitro benzene ring substituents is 1. The van der Waals surface area contributed by atoms with E-state index in [4.69, 9.17) is 4.74 Å². The highest BCUT2D eigenvalue weighted by Gasteiger charge is 2.15. The number of aryl methyl sites for hydroxylation is 1. The van der Waals surface area contributed by atoms with E-state index in [2.05, 4.69) is 9.98 Å². The summed E-state index contributed by atoms with van der Waals surface area (Å²) in [6.07, 6.45) is 2.91. The molecule has 0 radical (unpaired) electrons. The van der Waals surface area contributed by atoms with E-state index in [1.807, 2.05) is 13.0 Å². The Balaban J connectivity index is 2.46. The summed E-state index contributed by atoms with van der Waals surface area (Å²) < 4.78 is 4.92. The van der Waals surface area contributed by atoms with E-state index >= 15 is 0 Å². The Morgan fingerprint density at radius 2 is 2.24 bits per heavy atom. The Morgan fingerprint density at radius 1 is 1.48 bits per heavy atom. The van der Waals surface area contributed by atoms with Gasteiger partial charge in [-0.1, -0.05) is 6.07 Å². The van der Waals surface area contributed by atoms with Crippen molar-refractivity contribution in [3.63, 3.8) is 0 Å². The fourth-order valence-corrected chi connectivity index (χ4v) is 1.72. The number of methoxy groups -OCH3 is 1. The minimum absolute atomic E-state index is 0.0170. The van der Waals surface area contributed by atoms with Crippen LogP contribution in [-0.2, 0) is 0 Å². The second kappa shape index (κ2) is 6.00. The summed E-state index contributed by atoms with van der Waals surface area (Å²) in [5.74, 6) is 0.284. The van der Waals surface area contributed by atoms with E-state index in [1.54, 1.807) is 12.3 Å². The van der Waals surface area contributed by atoms with Crippen LogP contribution in [0.1, 0.15) is 11.1 Å². The maximum Gasteiger partial charge on any atom is 0.274 e. The normalized spacial score (nSPS) is 10.8. The lowest BCUT2D eigenvalue weighted by Crippen LogP contribution is -1.94. The number of phenols is 1. The Morgan fingerprint density at radius 3 is 2.86 bits per heavy atom. The molecule has 2 aromatic rings. The Kier molecular flexibility index (Phi) is 4.13. The van der Waals surface area contributed by atoms with Crippen LogP contribution in [0.5, 0.6) is 11.5 Å². The lowest BCUT2D eigenvalue weighted by molar-refractivity contribution is -0.385. The summed E-state index contributed by atoms with van der Waals surface area (Å²) in [7, 11) is 1.32. The maximum atomic E-state index is 10.9. The van der Waals surface area contributed by atoms with Gasteiger partial charge < -0.3 is 9.84 Å². The third kappa shape index (κ3) is 3.14. The highest BCUT2D eigenvalue weighted by molar-refractivity contribution is 5.87.